The average Bonchev–Trinajstić information content (AvgIpc) is 2.98. The van der Waals surface area contributed by atoms with Crippen molar-refractivity contribution in [3.8, 4) is 10.7 Å². The van der Waals surface area contributed by atoms with Crippen LogP contribution in [0.1, 0.15) is 6.42 Å². The van der Waals surface area contributed by atoms with Crippen LogP contribution in [0.3, 0.4) is 0 Å². The Morgan fingerprint density at radius 2 is 2.56 bits per heavy atom. The lowest BCUT2D eigenvalue weighted by Crippen LogP contribution is -2.10. The molecule has 3 nitrogen and oxygen atoms in total. The van der Waals surface area contributed by atoms with Crippen molar-refractivity contribution < 1.29 is 4.74 Å². The summed E-state index contributed by atoms with van der Waals surface area (Å²) in [5, 5.41) is 2.09. The Hall–Kier alpha value is -1.13. The Labute approximate surface area is 98.7 Å². The first-order chi connectivity index (χ1) is 7.93. The molecular weight excluding hydrogens is 220 g/mol. The third-order valence-electron chi connectivity index (χ3n) is 2.94. The molecule has 2 aromatic rings. The minimum atomic E-state index is 0.646. The number of imidazole rings is 1. The predicted molar refractivity (Wildman–Crippen MR) is 64.5 cm³/mol. The van der Waals surface area contributed by atoms with Crippen LogP contribution < -0.4 is 0 Å². The summed E-state index contributed by atoms with van der Waals surface area (Å²) >= 11 is 1.74. The van der Waals surface area contributed by atoms with Crippen LogP contribution in [0.5, 0.6) is 0 Å². The third kappa shape index (κ3) is 1.90. The molecule has 1 aliphatic rings. The Bertz CT molecular complexity index is 443. The molecule has 3 rings (SSSR count). The summed E-state index contributed by atoms with van der Waals surface area (Å²) in [5.41, 5.74) is 0. The smallest absolute Gasteiger partial charge is 0.149 e. The number of aromatic nitrogens is 2. The summed E-state index contributed by atoms with van der Waals surface area (Å²) in [7, 11) is 0. The fraction of sp³-hybridized carbons (Fsp3) is 0.417. The van der Waals surface area contributed by atoms with E-state index in [1.807, 2.05) is 6.20 Å². The molecule has 0 bridgehead atoms. The van der Waals surface area contributed by atoms with E-state index < -0.39 is 0 Å². The van der Waals surface area contributed by atoms with Crippen molar-refractivity contribution in [2.45, 2.75) is 13.0 Å². The van der Waals surface area contributed by atoms with Crippen molar-refractivity contribution in [3.05, 3.63) is 29.9 Å². The van der Waals surface area contributed by atoms with Gasteiger partial charge in [-0.1, -0.05) is 6.07 Å². The molecule has 16 heavy (non-hydrogen) atoms. The summed E-state index contributed by atoms with van der Waals surface area (Å²) in [6, 6.07) is 4.19. The van der Waals surface area contributed by atoms with Gasteiger partial charge in [-0.15, -0.1) is 11.3 Å². The zero-order valence-corrected chi connectivity index (χ0v) is 9.82. The molecule has 3 heterocycles. The zero-order valence-electron chi connectivity index (χ0n) is 9.00. The van der Waals surface area contributed by atoms with Gasteiger partial charge in [0, 0.05) is 31.5 Å². The molecule has 1 atom stereocenters. The lowest BCUT2D eigenvalue weighted by molar-refractivity contribution is 0.182. The van der Waals surface area contributed by atoms with E-state index in [1.54, 1.807) is 11.3 Å². The van der Waals surface area contributed by atoms with E-state index in [0.717, 1.165) is 25.6 Å². The maximum Gasteiger partial charge on any atom is 0.149 e. The Balaban J connectivity index is 1.82. The fourth-order valence-corrected chi connectivity index (χ4v) is 2.83. The van der Waals surface area contributed by atoms with Gasteiger partial charge in [-0.05, 0) is 17.9 Å². The minimum absolute atomic E-state index is 0.646. The molecule has 0 unspecified atom stereocenters. The van der Waals surface area contributed by atoms with Gasteiger partial charge in [-0.2, -0.15) is 0 Å². The van der Waals surface area contributed by atoms with E-state index in [2.05, 4.69) is 33.3 Å². The average molecular weight is 234 g/mol. The molecule has 1 aliphatic heterocycles. The van der Waals surface area contributed by atoms with Crippen LogP contribution in [0, 0.1) is 5.92 Å². The minimum Gasteiger partial charge on any atom is -0.381 e. The van der Waals surface area contributed by atoms with E-state index in [4.69, 9.17) is 4.74 Å². The maximum absolute atomic E-state index is 5.41. The normalized spacial score (nSPS) is 20.4. The standard InChI is InChI=1S/C12H14N2OS/c1-2-11(16-7-1)12-13-4-5-14(12)8-10-3-6-15-9-10/h1-2,4-5,7,10H,3,6,8-9H2/t10-/m1/s1. The van der Waals surface area contributed by atoms with Crippen molar-refractivity contribution in [2.75, 3.05) is 13.2 Å². The molecule has 0 aliphatic carbocycles. The van der Waals surface area contributed by atoms with Crippen LogP contribution in [0.15, 0.2) is 29.9 Å². The number of hydrogen-bond acceptors (Lipinski definition) is 3. The first-order valence-corrected chi connectivity index (χ1v) is 6.44. The van der Waals surface area contributed by atoms with Gasteiger partial charge in [0.1, 0.15) is 5.82 Å². The summed E-state index contributed by atoms with van der Waals surface area (Å²) in [4.78, 5) is 5.67. The van der Waals surface area contributed by atoms with Crippen molar-refractivity contribution in [1.29, 1.82) is 0 Å². The largest absolute Gasteiger partial charge is 0.381 e. The summed E-state index contributed by atoms with van der Waals surface area (Å²) in [6.07, 6.45) is 5.11. The Morgan fingerprint density at radius 1 is 1.56 bits per heavy atom. The summed E-state index contributed by atoms with van der Waals surface area (Å²) in [5.74, 6) is 1.73. The van der Waals surface area contributed by atoms with Crippen LogP contribution in [-0.4, -0.2) is 22.8 Å². The van der Waals surface area contributed by atoms with Gasteiger partial charge in [-0.25, -0.2) is 4.98 Å². The topological polar surface area (TPSA) is 27.1 Å². The van der Waals surface area contributed by atoms with Crippen molar-refractivity contribution in [3.63, 3.8) is 0 Å². The van der Waals surface area contributed by atoms with E-state index in [1.165, 1.54) is 11.3 Å². The number of hydrogen-bond donors (Lipinski definition) is 0. The van der Waals surface area contributed by atoms with E-state index >= 15 is 0 Å². The second kappa shape index (κ2) is 4.39. The molecule has 0 radical (unpaired) electrons. The Kier molecular flexibility index (Phi) is 2.76. The highest BCUT2D eigenvalue weighted by atomic mass is 32.1. The molecule has 0 N–H and O–H groups in total. The molecule has 2 aromatic heterocycles. The highest BCUT2D eigenvalue weighted by molar-refractivity contribution is 7.13. The molecule has 0 aromatic carbocycles. The number of rotatable bonds is 3. The molecule has 1 saturated heterocycles. The van der Waals surface area contributed by atoms with Gasteiger partial charge in [0.05, 0.1) is 11.5 Å². The lowest BCUT2D eigenvalue weighted by Gasteiger charge is -2.10. The maximum atomic E-state index is 5.41. The molecule has 0 saturated carbocycles. The van der Waals surface area contributed by atoms with E-state index in [9.17, 15) is 0 Å². The van der Waals surface area contributed by atoms with Gasteiger partial charge in [0.15, 0.2) is 0 Å². The molecule has 84 valence electrons. The highest BCUT2D eigenvalue weighted by Gasteiger charge is 2.17. The third-order valence-corrected chi connectivity index (χ3v) is 3.80. The second-order valence-corrected chi connectivity index (χ2v) is 5.06. The van der Waals surface area contributed by atoms with E-state index in [-0.39, 0.29) is 0 Å². The van der Waals surface area contributed by atoms with Crippen LogP contribution in [0.25, 0.3) is 10.7 Å². The van der Waals surface area contributed by atoms with Crippen molar-refractivity contribution in [2.24, 2.45) is 5.92 Å². The fourth-order valence-electron chi connectivity index (χ4n) is 2.09. The summed E-state index contributed by atoms with van der Waals surface area (Å²) in [6.45, 7) is 2.82. The number of thiophene rings is 1. The molecule has 1 fully saturated rings. The van der Waals surface area contributed by atoms with E-state index in [0.29, 0.717) is 5.92 Å². The van der Waals surface area contributed by atoms with Gasteiger partial charge >= 0.3 is 0 Å². The van der Waals surface area contributed by atoms with Crippen molar-refractivity contribution >= 4 is 11.3 Å². The first-order valence-electron chi connectivity index (χ1n) is 5.56. The van der Waals surface area contributed by atoms with Gasteiger partial charge in [0.2, 0.25) is 0 Å². The second-order valence-electron chi connectivity index (χ2n) is 4.11. The zero-order chi connectivity index (χ0) is 10.8. The lowest BCUT2D eigenvalue weighted by atomic mass is 10.1. The molecular formula is C12H14N2OS. The van der Waals surface area contributed by atoms with Gasteiger partial charge < -0.3 is 9.30 Å². The summed E-state index contributed by atoms with van der Waals surface area (Å²) < 4.78 is 7.65. The number of nitrogens with zero attached hydrogens (tertiary/aromatic N) is 2. The molecule has 0 amide bonds. The van der Waals surface area contributed by atoms with Gasteiger partial charge in [0.25, 0.3) is 0 Å². The highest BCUT2D eigenvalue weighted by Crippen LogP contribution is 2.24. The van der Waals surface area contributed by atoms with Crippen LogP contribution >= 0.6 is 11.3 Å². The monoisotopic (exact) mass is 234 g/mol. The van der Waals surface area contributed by atoms with Crippen LogP contribution in [-0.2, 0) is 11.3 Å². The molecule has 4 heteroatoms. The first kappa shape index (κ1) is 10.1. The van der Waals surface area contributed by atoms with Crippen LogP contribution in [0.2, 0.25) is 0 Å². The SMILES string of the molecule is c1csc(-c2nccn2C[C@H]2CCOC2)c1. The van der Waals surface area contributed by atoms with Crippen molar-refractivity contribution in [1.82, 2.24) is 9.55 Å². The van der Waals surface area contributed by atoms with Crippen LogP contribution in [0.4, 0.5) is 0 Å². The quantitative estimate of drug-likeness (QED) is 0.816. The Morgan fingerprint density at radius 3 is 3.31 bits per heavy atom. The predicted octanol–water partition coefficient (Wildman–Crippen LogP) is 2.65. The molecule has 0 spiro atoms. The van der Waals surface area contributed by atoms with Gasteiger partial charge in [-0.3, -0.25) is 0 Å². The number of ether oxygens (including phenoxy) is 1.